The van der Waals surface area contributed by atoms with Crippen molar-refractivity contribution >= 4 is 5.91 Å². The molecule has 2 fully saturated rings. The maximum atomic E-state index is 10.8. The topological polar surface area (TPSA) is 58.4 Å². The summed E-state index contributed by atoms with van der Waals surface area (Å²) >= 11 is 0. The number of nitrogens with one attached hydrogen (secondary N) is 1. The van der Waals surface area contributed by atoms with Gasteiger partial charge in [-0.3, -0.25) is 9.69 Å². The highest BCUT2D eigenvalue weighted by Crippen LogP contribution is 2.23. The van der Waals surface area contributed by atoms with Gasteiger partial charge in [0.05, 0.1) is 0 Å². The molecule has 4 nitrogen and oxygen atoms in total. The maximum Gasteiger partial charge on any atom is 0.217 e. The summed E-state index contributed by atoms with van der Waals surface area (Å²) in [4.78, 5) is 13.4. The molecule has 2 heterocycles. The monoisotopic (exact) mass is 211 g/mol. The van der Waals surface area contributed by atoms with Crippen LogP contribution in [0.15, 0.2) is 0 Å². The first-order chi connectivity index (χ1) is 7.27. The molecule has 0 saturated carbocycles. The van der Waals surface area contributed by atoms with Gasteiger partial charge < -0.3 is 11.1 Å². The van der Waals surface area contributed by atoms with E-state index >= 15 is 0 Å². The zero-order valence-corrected chi connectivity index (χ0v) is 9.24. The number of piperidine rings is 1. The summed E-state index contributed by atoms with van der Waals surface area (Å²) in [5, 5.41) is 3.52. The average molecular weight is 211 g/mol. The molecular formula is C11H21N3O. The van der Waals surface area contributed by atoms with Crippen molar-refractivity contribution < 1.29 is 4.79 Å². The highest BCUT2D eigenvalue weighted by atomic mass is 16.1. The van der Waals surface area contributed by atoms with Gasteiger partial charge in [-0.05, 0) is 25.8 Å². The Labute approximate surface area is 91.2 Å². The van der Waals surface area contributed by atoms with E-state index in [9.17, 15) is 4.79 Å². The van der Waals surface area contributed by atoms with Crippen LogP contribution in [0.3, 0.4) is 0 Å². The van der Waals surface area contributed by atoms with Gasteiger partial charge in [-0.15, -0.1) is 0 Å². The molecule has 2 saturated heterocycles. The second-order valence-electron chi connectivity index (χ2n) is 4.66. The smallest absolute Gasteiger partial charge is 0.217 e. The lowest BCUT2D eigenvalue weighted by molar-refractivity contribution is -0.118. The number of nitrogens with zero attached hydrogens (tertiary/aromatic N) is 1. The molecule has 0 aromatic heterocycles. The minimum atomic E-state index is -0.176. The van der Waals surface area contributed by atoms with E-state index in [1.807, 2.05) is 0 Å². The van der Waals surface area contributed by atoms with E-state index in [1.165, 1.54) is 25.8 Å². The minimum absolute atomic E-state index is 0.176. The van der Waals surface area contributed by atoms with Crippen LogP contribution >= 0.6 is 0 Å². The maximum absolute atomic E-state index is 10.8. The zero-order valence-electron chi connectivity index (χ0n) is 9.24. The molecule has 1 amide bonds. The highest BCUT2D eigenvalue weighted by Gasteiger charge is 2.32. The van der Waals surface area contributed by atoms with Gasteiger partial charge in [0.15, 0.2) is 0 Å². The van der Waals surface area contributed by atoms with Crippen molar-refractivity contribution in [2.24, 2.45) is 5.73 Å². The van der Waals surface area contributed by atoms with Gasteiger partial charge in [0, 0.05) is 31.6 Å². The van der Waals surface area contributed by atoms with Gasteiger partial charge in [-0.1, -0.05) is 6.42 Å². The largest absolute Gasteiger partial charge is 0.370 e. The molecule has 0 aromatic rings. The number of nitrogens with two attached hydrogens (primary N) is 1. The number of hydrogen-bond acceptors (Lipinski definition) is 3. The number of hydrogen-bond donors (Lipinski definition) is 2. The average Bonchev–Trinajstić information content (AvgIpc) is 2.26. The van der Waals surface area contributed by atoms with Crippen molar-refractivity contribution in [3.05, 3.63) is 0 Å². The fourth-order valence-electron chi connectivity index (χ4n) is 2.87. The van der Waals surface area contributed by atoms with Crippen LogP contribution in [-0.2, 0) is 4.79 Å². The Balaban J connectivity index is 1.88. The van der Waals surface area contributed by atoms with E-state index in [4.69, 9.17) is 5.73 Å². The normalized spacial score (nSPS) is 32.3. The first-order valence-electron chi connectivity index (χ1n) is 6.03. The van der Waals surface area contributed by atoms with E-state index in [-0.39, 0.29) is 5.91 Å². The molecule has 4 heteroatoms. The Hall–Kier alpha value is -0.610. The molecule has 0 radical (unpaired) electrons. The first kappa shape index (κ1) is 10.9. The SMILES string of the molecule is NC(=O)CCC1NCCN2CCCCC12. The molecule has 0 spiro atoms. The van der Waals surface area contributed by atoms with E-state index in [1.54, 1.807) is 0 Å². The fraction of sp³-hybridized carbons (Fsp3) is 0.909. The Morgan fingerprint density at radius 3 is 3.07 bits per heavy atom. The molecule has 0 bridgehead atoms. The van der Waals surface area contributed by atoms with Crippen LogP contribution in [0.25, 0.3) is 0 Å². The molecule has 86 valence electrons. The number of fused-ring (bicyclic) bond motifs is 1. The lowest BCUT2D eigenvalue weighted by Crippen LogP contribution is -2.59. The van der Waals surface area contributed by atoms with Crippen molar-refractivity contribution in [3.63, 3.8) is 0 Å². The van der Waals surface area contributed by atoms with Crippen LogP contribution in [0.4, 0.5) is 0 Å². The summed E-state index contributed by atoms with van der Waals surface area (Å²) in [6, 6.07) is 1.12. The first-order valence-corrected chi connectivity index (χ1v) is 6.03. The molecule has 0 aliphatic carbocycles. The second-order valence-corrected chi connectivity index (χ2v) is 4.66. The van der Waals surface area contributed by atoms with Crippen LogP contribution in [0, 0.1) is 0 Å². The van der Waals surface area contributed by atoms with Gasteiger partial charge in [0.25, 0.3) is 0 Å². The third-order valence-electron chi connectivity index (χ3n) is 3.64. The van der Waals surface area contributed by atoms with E-state index < -0.39 is 0 Å². The van der Waals surface area contributed by atoms with Gasteiger partial charge in [-0.25, -0.2) is 0 Å². The molecule has 0 aromatic carbocycles. The summed E-state index contributed by atoms with van der Waals surface area (Å²) < 4.78 is 0. The predicted molar refractivity (Wildman–Crippen MR) is 59.4 cm³/mol. The van der Waals surface area contributed by atoms with Crippen molar-refractivity contribution in [1.82, 2.24) is 10.2 Å². The van der Waals surface area contributed by atoms with Crippen molar-refractivity contribution in [1.29, 1.82) is 0 Å². The predicted octanol–water partition coefficient (Wildman–Crippen LogP) is 0.0782. The van der Waals surface area contributed by atoms with Crippen molar-refractivity contribution in [3.8, 4) is 0 Å². The molecule has 2 aliphatic heterocycles. The molecule has 3 N–H and O–H groups in total. The van der Waals surface area contributed by atoms with Crippen LogP contribution in [0.5, 0.6) is 0 Å². The zero-order chi connectivity index (χ0) is 10.7. The fourth-order valence-corrected chi connectivity index (χ4v) is 2.87. The van der Waals surface area contributed by atoms with Crippen molar-refractivity contribution in [2.75, 3.05) is 19.6 Å². The summed E-state index contributed by atoms with van der Waals surface area (Å²) in [6.45, 7) is 3.46. The molecule has 2 unspecified atom stereocenters. The number of carbonyl (C=O) groups excluding carboxylic acids is 1. The number of piperazine rings is 1. The second kappa shape index (κ2) is 4.94. The molecule has 2 rings (SSSR count). The van der Waals surface area contributed by atoms with Crippen LogP contribution in [-0.4, -0.2) is 42.5 Å². The third kappa shape index (κ3) is 2.69. The van der Waals surface area contributed by atoms with Crippen LogP contribution in [0.1, 0.15) is 32.1 Å². The van der Waals surface area contributed by atoms with Gasteiger partial charge in [0.2, 0.25) is 5.91 Å². The molecule has 2 atom stereocenters. The summed E-state index contributed by atoms with van der Waals surface area (Å²) in [5.74, 6) is -0.176. The lowest BCUT2D eigenvalue weighted by atomic mass is 9.91. The Bertz CT molecular complexity index is 230. The highest BCUT2D eigenvalue weighted by molar-refractivity contribution is 5.73. The lowest BCUT2D eigenvalue weighted by Gasteiger charge is -2.44. The number of carbonyl (C=O) groups is 1. The van der Waals surface area contributed by atoms with E-state index in [2.05, 4.69) is 10.2 Å². The van der Waals surface area contributed by atoms with Crippen molar-refractivity contribution in [2.45, 2.75) is 44.2 Å². The number of amides is 1. The number of rotatable bonds is 3. The molecular weight excluding hydrogens is 190 g/mol. The van der Waals surface area contributed by atoms with Gasteiger partial charge in [0.1, 0.15) is 0 Å². The Morgan fingerprint density at radius 1 is 1.40 bits per heavy atom. The quantitative estimate of drug-likeness (QED) is 0.695. The molecule has 2 aliphatic rings. The van der Waals surface area contributed by atoms with E-state index in [0.29, 0.717) is 18.5 Å². The number of primary amides is 1. The van der Waals surface area contributed by atoms with Gasteiger partial charge >= 0.3 is 0 Å². The van der Waals surface area contributed by atoms with Gasteiger partial charge in [-0.2, -0.15) is 0 Å². The van der Waals surface area contributed by atoms with Crippen LogP contribution in [0.2, 0.25) is 0 Å². The summed E-state index contributed by atoms with van der Waals surface area (Å²) in [5.41, 5.74) is 5.20. The summed E-state index contributed by atoms with van der Waals surface area (Å²) in [7, 11) is 0. The standard InChI is InChI=1S/C11H21N3O/c12-11(15)5-4-9-10-3-1-2-7-14(10)8-6-13-9/h9-10,13H,1-8H2,(H2,12,15). The summed E-state index contributed by atoms with van der Waals surface area (Å²) in [6.07, 6.45) is 5.35. The third-order valence-corrected chi connectivity index (χ3v) is 3.64. The Kier molecular flexibility index (Phi) is 3.59. The van der Waals surface area contributed by atoms with Crippen LogP contribution < -0.4 is 11.1 Å². The minimum Gasteiger partial charge on any atom is -0.370 e. The Morgan fingerprint density at radius 2 is 2.27 bits per heavy atom. The van der Waals surface area contributed by atoms with E-state index in [0.717, 1.165) is 19.5 Å². The molecule has 15 heavy (non-hydrogen) atoms.